The molecule has 0 radical (unpaired) electrons. The zero-order valence-corrected chi connectivity index (χ0v) is 16.4. The Morgan fingerprint density at radius 2 is 1.88 bits per heavy atom. The lowest BCUT2D eigenvalue weighted by atomic mass is 10.3. The second-order valence-electron chi connectivity index (χ2n) is 5.31. The fourth-order valence-electron chi connectivity index (χ4n) is 1.91. The molecule has 1 aromatic carbocycles. The summed E-state index contributed by atoms with van der Waals surface area (Å²) in [5.41, 5.74) is 0.565. The predicted molar refractivity (Wildman–Crippen MR) is 99.8 cm³/mol. The summed E-state index contributed by atoms with van der Waals surface area (Å²) in [6, 6.07) is 11.5. The average molecular weight is 417 g/mol. The molecule has 0 unspecified atom stereocenters. The van der Waals surface area contributed by atoms with Crippen molar-refractivity contribution in [1.82, 2.24) is 4.31 Å². The molecular weight excluding hydrogens is 400 g/mol. The minimum absolute atomic E-state index is 0.0210. The zero-order valence-electron chi connectivity index (χ0n) is 14.0. The molecule has 0 aliphatic rings. The van der Waals surface area contributed by atoms with Gasteiger partial charge in [0.2, 0.25) is 0 Å². The summed E-state index contributed by atoms with van der Waals surface area (Å²) in [5.74, 6) is -1.35. The highest BCUT2D eigenvalue weighted by Crippen LogP contribution is 2.27. The lowest BCUT2D eigenvalue weighted by molar-refractivity contribution is -0.153. The van der Waals surface area contributed by atoms with E-state index >= 15 is 0 Å². The number of esters is 1. The Morgan fingerprint density at radius 1 is 1.23 bits per heavy atom. The topological polar surface area (TPSA) is 92.8 Å². The molecule has 1 aromatic heterocycles. The highest BCUT2D eigenvalue weighted by atomic mass is 35.5. The summed E-state index contributed by atoms with van der Waals surface area (Å²) in [4.78, 5) is 24.0. The van der Waals surface area contributed by atoms with E-state index in [1.807, 2.05) is 0 Å². The Kier molecular flexibility index (Phi) is 6.76. The van der Waals surface area contributed by atoms with Crippen LogP contribution in [0, 0.1) is 0 Å². The van der Waals surface area contributed by atoms with E-state index in [-0.39, 0.29) is 4.21 Å². The molecular formula is C16H17ClN2O5S2. The molecule has 0 bridgehead atoms. The first kappa shape index (κ1) is 20.4. The molecule has 2 aromatic rings. The number of carbonyl (C=O) groups excluding carboxylic acids is 2. The standard InChI is InChI=1S/C16H17ClN2O5S2/c1-11(16(21)18-12-6-4-3-5-7-12)24-14(20)10-19(2)26(22,23)15-9-8-13(17)25-15/h3-9,11H,10H2,1-2H3,(H,18,21)/t11-/m0/s1. The molecule has 0 fully saturated rings. The van der Waals surface area contributed by atoms with E-state index in [9.17, 15) is 18.0 Å². The molecule has 26 heavy (non-hydrogen) atoms. The molecule has 0 aliphatic heterocycles. The van der Waals surface area contributed by atoms with E-state index < -0.39 is 34.5 Å². The van der Waals surface area contributed by atoms with Gasteiger partial charge in [-0.25, -0.2) is 8.42 Å². The minimum atomic E-state index is -3.85. The van der Waals surface area contributed by atoms with Gasteiger partial charge in [-0.1, -0.05) is 29.8 Å². The molecule has 7 nitrogen and oxygen atoms in total. The van der Waals surface area contributed by atoms with Gasteiger partial charge in [0.1, 0.15) is 10.8 Å². The Morgan fingerprint density at radius 3 is 2.46 bits per heavy atom. The van der Waals surface area contributed by atoms with Crippen LogP contribution in [-0.4, -0.2) is 44.3 Å². The van der Waals surface area contributed by atoms with E-state index in [0.717, 1.165) is 15.6 Å². The lowest BCUT2D eigenvalue weighted by Gasteiger charge is -2.17. The van der Waals surface area contributed by atoms with Gasteiger partial charge in [0.05, 0.1) is 4.34 Å². The highest BCUT2D eigenvalue weighted by molar-refractivity contribution is 7.91. The molecule has 1 amide bonds. The van der Waals surface area contributed by atoms with E-state index in [1.165, 1.54) is 26.1 Å². The number of nitrogens with zero attached hydrogens (tertiary/aromatic N) is 1. The number of benzene rings is 1. The van der Waals surface area contributed by atoms with Gasteiger partial charge in [0.15, 0.2) is 6.10 Å². The largest absolute Gasteiger partial charge is 0.452 e. The summed E-state index contributed by atoms with van der Waals surface area (Å²) in [7, 11) is -2.60. The molecule has 0 spiro atoms. The third-order valence-corrected chi connectivity index (χ3v) is 6.79. The van der Waals surface area contributed by atoms with Crippen molar-refractivity contribution in [3.05, 3.63) is 46.8 Å². The van der Waals surface area contributed by atoms with Gasteiger partial charge < -0.3 is 10.1 Å². The van der Waals surface area contributed by atoms with Gasteiger partial charge in [-0.15, -0.1) is 11.3 Å². The number of carbonyl (C=O) groups is 2. The van der Waals surface area contributed by atoms with Crippen molar-refractivity contribution in [2.24, 2.45) is 0 Å². The smallest absolute Gasteiger partial charge is 0.322 e. The zero-order chi connectivity index (χ0) is 19.3. The average Bonchev–Trinajstić information content (AvgIpc) is 3.02. The number of thiophene rings is 1. The maximum absolute atomic E-state index is 12.3. The van der Waals surface area contributed by atoms with Crippen molar-refractivity contribution >= 4 is 50.5 Å². The number of ether oxygens (including phenoxy) is 1. The fraction of sp³-hybridized carbons (Fsp3) is 0.250. The van der Waals surface area contributed by atoms with E-state index in [2.05, 4.69) is 5.32 Å². The van der Waals surface area contributed by atoms with Crippen LogP contribution in [0.3, 0.4) is 0 Å². The third-order valence-electron chi connectivity index (χ3n) is 3.28. The van der Waals surface area contributed by atoms with Crippen LogP contribution in [0.5, 0.6) is 0 Å². The summed E-state index contributed by atoms with van der Waals surface area (Å²) < 4.78 is 30.9. The van der Waals surface area contributed by atoms with Crippen LogP contribution >= 0.6 is 22.9 Å². The number of sulfonamides is 1. The highest BCUT2D eigenvalue weighted by Gasteiger charge is 2.27. The van der Waals surface area contributed by atoms with Crippen LogP contribution in [0.4, 0.5) is 5.69 Å². The number of anilines is 1. The molecule has 1 heterocycles. The van der Waals surface area contributed by atoms with E-state index in [1.54, 1.807) is 30.3 Å². The van der Waals surface area contributed by atoms with Gasteiger partial charge in [-0.3, -0.25) is 9.59 Å². The first-order valence-corrected chi connectivity index (χ1v) is 10.1. The Balaban J connectivity index is 1.92. The molecule has 0 aliphatic carbocycles. The van der Waals surface area contributed by atoms with E-state index in [0.29, 0.717) is 10.0 Å². The summed E-state index contributed by atoms with van der Waals surface area (Å²) in [5, 5.41) is 2.60. The van der Waals surface area contributed by atoms with Crippen molar-refractivity contribution in [2.75, 3.05) is 18.9 Å². The number of halogens is 1. The van der Waals surface area contributed by atoms with Crippen LogP contribution in [-0.2, 0) is 24.3 Å². The first-order chi connectivity index (χ1) is 12.2. The van der Waals surface area contributed by atoms with Crippen LogP contribution < -0.4 is 5.32 Å². The Bertz CT molecular complexity index is 883. The molecule has 140 valence electrons. The van der Waals surface area contributed by atoms with Gasteiger partial charge in [-0.05, 0) is 31.2 Å². The van der Waals surface area contributed by atoms with Crippen LogP contribution in [0.1, 0.15) is 6.92 Å². The number of hydrogen-bond donors (Lipinski definition) is 1. The number of likely N-dealkylation sites (N-methyl/N-ethyl adjacent to an activating group) is 1. The van der Waals surface area contributed by atoms with Crippen molar-refractivity contribution in [3.8, 4) is 0 Å². The third kappa shape index (κ3) is 5.28. The Hall–Kier alpha value is -1.94. The van der Waals surface area contributed by atoms with Gasteiger partial charge >= 0.3 is 5.97 Å². The number of rotatable bonds is 7. The normalized spacial score (nSPS) is 12.6. The second kappa shape index (κ2) is 8.63. The van der Waals surface area contributed by atoms with Crippen LogP contribution in [0.2, 0.25) is 4.34 Å². The van der Waals surface area contributed by atoms with Gasteiger partial charge in [-0.2, -0.15) is 4.31 Å². The number of para-hydroxylation sites is 1. The van der Waals surface area contributed by atoms with E-state index in [4.69, 9.17) is 16.3 Å². The minimum Gasteiger partial charge on any atom is -0.452 e. The molecule has 1 atom stereocenters. The first-order valence-electron chi connectivity index (χ1n) is 7.47. The summed E-state index contributed by atoms with van der Waals surface area (Å²) in [6.45, 7) is 0.879. The maximum atomic E-state index is 12.3. The van der Waals surface area contributed by atoms with Crippen LogP contribution in [0.15, 0.2) is 46.7 Å². The molecule has 10 heteroatoms. The van der Waals surface area contributed by atoms with Crippen molar-refractivity contribution < 1.29 is 22.7 Å². The molecule has 0 saturated heterocycles. The summed E-state index contributed by atoms with van der Waals surface area (Å²) >= 11 is 6.64. The SMILES string of the molecule is C[C@H](OC(=O)CN(C)S(=O)(=O)c1ccc(Cl)s1)C(=O)Nc1ccccc1. The number of amides is 1. The molecule has 0 saturated carbocycles. The number of hydrogen-bond acceptors (Lipinski definition) is 6. The van der Waals surface area contributed by atoms with Gasteiger partial charge in [0.25, 0.3) is 15.9 Å². The Labute approximate surface area is 160 Å². The predicted octanol–water partition coefficient (Wildman–Crippen LogP) is 2.59. The van der Waals surface area contributed by atoms with Crippen molar-refractivity contribution in [2.45, 2.75) is 17.2 Å². The van der Waals surface area contributed by atoms with Crippen LogP contribution in [0.25, 0.3) is 0 Å². The quantitative estimate of drug-likeness (QED) is 0.700. The molecule has 2 rings (SSSR count). The number of nitrogens with one attached hydrogen (secondary N) is 1. The second-order valence-corrected chi connectivity index (χ2v) is 9.29. The monoisotopic (exact) mass is 416 g/mol. The fourth-order valence-corrected chi connectivity index (χ4v) is 4.72. The maximum Gasteiger partial charge on any atom is 0.322 e. The molecule has 1 N–H and O–H groups in total. The van der Waals surface area contributed by atoms with Crippen molar-refractivity contribution in [3.63, 3.8) is 0 Å². The van der Waals surface area contributed by atoms with Crippen molar-refractivity contribution in [1.29, 1.82) is 0 Å². The summed E-state index contributed by atoms with van der Waals surface area (Å²) in [6.07, 6.45) is -1.07. The lowest BCUT2D eigenvalue weighted by Crippen LogP contribution is -2.36. The van der Waals surface area contributed by atoms with Gasteiger partial charge in [0, 0.05) is 12.7 Å².